The predicted octanol–water partition coefficient (Wildman–Crippen LogP) is 0.566. The van der Waals surface area contributed by atoms with E-state index in [2.05, 4.69) is 0 Å². The highest BCUT2D eigenvalue weighted by molar-refractivity contribution is 5.82. The highest BCUT2D eigenvalue weighted by Gasteiger charge is 2.46. The maximum atomic E-state index is 11.1. The molecule has 1 aliphatic rings. The summed E-state index contributed by atoms with van der Waals surface area (Å²) >= 11 is 0. The molecule has 0 aliphatic carbocycles. The average Bonchev–Trinajstić information content (AvgIpc) is 2.18. The number of hydrogen-bond acceptors (Lipinski definition) is 3. The lowest BCUT2D eigenvalue weighted by Crippen LogP contribution is -2.33. The largest absolute Gasteiger partial charge is 0.368 e. The molecule has 3 atom stereocenters. The molecule has 64 valence electrons. The molecular weight excluding hydrogens is 144 g/mol. The zero-order chi connectivity index (χ0) is 8.65. The van der Waals surface area contributed by atoms with Crippen molar-refractivity contribution < 1.29 is 14.6 Å². The minimum Gasteiger partial charge on any atom is -0.368 e. The normalized spacial score (nSPS) is 44.4. The molecule has 0 saturated carbocycles. The van der Waals surface area contributed by atoms with E-state index in [1.54, 1.807) is 0 Å². The molecule has 1 heterocycles. The van der Waals surface area contributed by atoms with E-state index in [1.165, 1.54) is 6.92 Å². The highest BCUT2D eigenvalue weighted by atomic mass is 16.6. The predicted molar refractivity (Wildman–Crippen MR) is 39.9 cm³/mol. The molecule has 1 N–H and O–H groups in total. The number of aliphatic hydroxyl groups is 1. The van der Waals surface area contributed by atoms with Gasteiger partial charge in [-0.2, -0.15) is 0 Å². The SMILES string of the molecule is CC(=O)[C@@]1(C)CO[C@@H](O)[C@@H]1C. The lowest BCUT2D eigenvalue weighted by molar-refractivity contribution is -0.127. The summed E-state index contributed by atoms with van der Waals surface area (Å²) in [4.78, 5) is 11.1. The van der Waals surface area contributed by atoms with Gasteiger partial charge in [-0.1, -0.05) is 6.92 Å². The Morgan fingerprint density at radius 1 is 1.73 bits per heavy atom. The van der Waals surface area contributed by atoms with Crippen LogP contribution in [-0.2, 0) is 9.53 Å². The second-order valence-corrected chi connectivity index (χ2v) is 3.46. The van der Waals surface area contributed by atoms with Crippen molar-refractivity contribution in [1.29, 1.82) is 0 Å². The number of ether oxygens (including phenoxy) is 1. The van der Waals surface area contributed by atoms with Gasteiger partial charge in [0.1, 0.15) is 5.78 Å². The summed E-state index contributed by atoms with van der Waals surface area (Å²) in [6.45, 7) is 5.54. The quantitative estimate of drug-likeness (QED) is 0.606. The Bertz CT molecular complexity index is 178. The van der Waals surface area contributed by atoms with Gasteiger partial charge in [0, 0.05) is 5.92 Å². The number of hydrogen-bond donors (Lipinski definition) is 1. The second kappa shape index (κ2) is 2.57. The van der Waals surface area contributed by atoms with Crippen molar-refractivity contribution >= 4 is 5.78 Å². The maximum Gasteiger partial charge on any atom is 0.158 e. The summed E-state index contributed by atoms with van der Waals surface area (Å²) in [7, 11) is 0. The number of carbonyl (C=O) groups excluding carboxylic acids is 1. The minimum atomic E-state index is -0.774. The summed E-state index contributed by atoms with van der Waals surface area (Å²) in [5.41, 5.74) is -0.487. The van der Waals surface area contributed by atoms with E-state index in [0.717, 1.165) is 0 Å². The number of carbonyl (C=O) groups is 1. The Balaban J connectivity index is 2.81. The summed E-state index contributed by atoms with van der Waals surface area (Å²) in [6.07, 6.45) is -0.774. The van der Waals surface area contributed by atoms with Crippen LogP contribution in [0, 0.1) is 11.3 Å². The van der Waals surface area contributed by atoms with E-state index in [-0.39, 0.29) is 11.7 Å². The monoisotopic (exact) mass is 158 g/mol. The van der Waals surface area contributed by atoms with Gasteiger partial charge in [-0.05, 0) is 13.8 Å². The molecule has 0 aromatic rings. The molecule has 0 bridgehead atoms. The van der Waals surface area contributed by atoms with E-state index >= 15 is 0 Å². The fraction of sp³-hybridized carbons (Fsp3) is 0.875. The van der Waals surface area contributed by atoms with Crippen LogP contribution in [0.5, 0.6) is 0 Å². The van der Waals surface area contributed by atoms with Crippen LogP contribution in [0.3, 0.4) is 0 Å². The molecule has 1 aliphatic heterocycles. The Labute approximate surface area is 66.4 Å². The van der Waals surface area contributed by atoms with E-state index < -0.39 is 11.7 Å². The van der Waals surface area contributed by atoms with Gasteiger partial charge in [0.2, 0.25) is 0 Å². The zero-order valence-electron chi connectivity index (χ0n) is 7.13. The number of rotatable bonds is 1. The lowest BCUT2D eigenvalue weighted by Gasteiger charge is -2.23. The van der Waals surface area contributed by atoms with E-state index in [1.807, 2.05) is 13.8 Å². The van der Waals surface area contributed by atoms with Crippen LogP contribution >= 0.6 is 0 Å². The summed E-state index contributed by atoms with van der Waals surface area (Å²) < 4.78 is 4.98. The van der Waals surface area contributed by atoms with Gasteiger partial charge in [-0.15, -0.1) is 0 Å². The molecule has 3 heteroatoms. The topological polar surface area (TPSA) is 46.5 Å². The van der Waals surface area contributed by atoms with E-state index in [9.17, 15) is 9.90 Å². The van der Waals surface area contributed by atoms with Gasteiger partial charge in [-0.3, -0.25) is 4.79 Å². The smallest absolute Gasteiger partial charge is 0.158 e. The van der Waals surface area contributed by atoms with Crippen LogP contribution < -0.4 is 0 Å². The Morgan fingerprint density at radius 3 is 2.45 bits per heavy atom. The van der Waals surface area contributed by atoms with Crippen molar-refractivity contribution in [3.05, 3.63) is 0 Å². The standard InChI is InChI=1S/C8H14O3/c1-5-7(10)11-4-8(5,3)6(2)9/h5,7,10H,4H2,1-3H3/t5-,7+,8-/m0/s1. The van der Waals surface area contributed by atoms with Crippen molar-refractivity contribution in [3.63, 3.8) is 0 Å². The summed E-state index contributed by atoms with van der Waals surface area (Å²) in [5.74, 6) is -0.0125. The molecule has 0 aromatic carbocycles. The van der Waals surface area contributed by atoms with Crippen LogP contribution in [0.15, 0.2) is 0 Å². The molecule has 0 radical (unpaired) electrons. The summed E-state index contributed by atoms with van der Waals surface area (Å²) in [6, 6.07) is 0. The molecule has 1 fully saturated rings. The number of aliphatic hydroxyl groups excluding tert-OH is 1. The van der Waals surface area contributed by atoms with E-state index in [4.69, 9.17) is 4.74 Å². The third kappa shape index (κ3) is 1.19. The first-order valence-electron chi connectivity index (χ1n) is 3.79. The van der Waals surface area contributed by atoms with Crippen molar-refractivity contribution in [2.24, 2.45) is 11.3 Å². The fourth-order valence-electron chi connectivity index (χ4n) is 1.27. The Morgan fingerprint density at radius 2 is 2.27 bits per heavy atom. The van der Waals surface area contributed by atoms with Gasteiger partial charge in [0.25, 0.3) is 0 Å². The first-order chi connectivity index (χ1) is 4.98. The van der Waals surface area contributed by atoms with Gasteiger partial charge < -0.3 is 9.84 Å². The number of ketones is 1. The first-order valence-corrected chi connectivity index (χ1v) is 3.79. The molecule has 1 saturated heterocycles. The third-order valence-electron chi connectivity index (χ3n) is 2.79. The number of Topliss-reactive ketones (excluding diaryl/α,β-unsaturated/α-hetero) is 1. The minimum absolute atomic E-state index is 0.0848. The van der Waals surface area contributed by atoms with Crippen molar-refractivity contribution in [1.82, 2.24) is 0 Å². The molecule has 0 unspecified atom stereocenters. The zero-order valence-corrected chi connectivity index (χ0v) is 7.13. The third-order valence-corrected chi connectivity index (χ3v) is 2.79. The molecule has 0 aromatic heterocycles. The van der Waals surface area contributed by atoms with Crippen LogP contribution in [0.2, 0.25) is 0 Å². The molecule has 11 heavy (non-hydrogen) atoms. The van der Waals surface area contributed by atoms with Crippen LogP contribution in [-0.4, -0.2) is 23.8 Å². The highest BCUT2D eigenvalue weighted by Crippen LogP contribution is 2.37. The first kappa shape index (κ1) is 8.68. The van der Waals surface area contributed by atoms with Crippen LogP contribution in [0.1, 0.15) is 20.8 Å². The van der Waals surface area contributed by atoms with Gasteiger partial charge >= 0.3 is 0 Å². The average molecular weight is 158 g/mol. The van der Waals surface area contributed by atoms with Gasteiger partial charge in [0.05, 0.1) is 12.0 Å². The molecule has 0 spiro atoms. The Kier molecular flexibility index (Phi) is 2.03. The molecule has 0 amide bonds. The Hall–Kier alpha value is -0.410. The summed E-state index contributed by atoms with van der Waals surface area (Å²) in [5, 5.41) is 9.21. The second-order valence-electron chi connectivity index (χ2n) is 3.46. The van der Waals surface area contributed by atoms with Crippen molar-refractivity contribution in [3.8, 4) is 0 Å². The molecule has 3 nitrogen and oxygen atoms in total. The fourth-order valence-corrected chi connectivity index (χ4v) is 1.27. The van der Waals surface area contributed by atoms with E-state index in [0.29, 0.717) is 6.61 Å². The van der Waals surface area contributed by atoms with Crippen LogP contribution in [0.25, 0.3) is 0 Å². The molecule has 1 rings (SSSR count). The van der Waals surface area contributed by atoms with Crippen LogP contribution in [0.4, 0.5) is 0 Å². The molecular formula is C8H14O3. The van der Waals surface area contributed by atoms with Gasteiger partial charge in [0.15, 0.2) is 6.29 Å². The van der Waals surface area contributed by atoms with Crippen molar-refractivity contribution in [2.75, 3.05) is 6.61 Å². The van der Waals surface area contributed by atoms with Gasteiger partial charge in [-0.25, -0.2) is 0 Å². The van der Waals surface area contributed by atoms with Crippen molar-refractivity contribution in [2.45, 2.75) is 27.1 Å². The maximum absolute atomic E-state index is 11.1. The lowest BCUT2D eigenvalue weighted by atomic mass is 9.77.